The van der Waals surface area contributed by atoms with Crippen LogP contribution in [-0.2, 0) is 9.47 Å². The van der Waals surface area contributed by atoms with E-state index in [2.05, 4.69) is 19.1 Å². The van der Waals surface area contributed by atoms with Crippen molar-refractivity contribution in [2.45, 2.75) is 82.7 Å². The van der Waals surface area contributed by atoms with E-state index >= 15 is 0 Å². The van der Waals surface area contributed by atoms with E-state index in [0.29, 0.717) is 6.61 Å². The SMILES string of the molecule is CC/C=C/CCCCCCCCO[C@H]1[C@H](O)[C@@H](CO)OC[C@@H]1O. The zero-order chi connectivity index (χ0) is 16.9. The molecule has 1 rings (SSSR count). The summed E-state index contributed by atoms with van der Waals surface area (Å²) >= 11 is 0. The summed E-state index contributed by atoms with van der Waals surface area (Å²) in [5.74, 6) is 0. The van der Waals surface area contributed by atoms with E-state index in [0.717, 1.165) is 19.3 Å². The van der Waals surface area contributed by atoms with Crippen molar-refractivity contribution >= 4 is 0 Å². The van der Waals surface area contributed by atoms with E-state index in [-0.39, 0.29) is 13.2 Å². The van der Waals surface area contributed by atoms with Gasteiger partial charge >= 0.3 is 0 Å². The molecule has 3 N–H and O–H groups in total. The Balaban J connectivity index is 2.00. The van der Waals surface area contributed by atoms with Gasteiger partial charge in [0.2, 0.25) is 0 Å². The lowest BCUT2D eigenvalue weighted by Crippen LogP contribution is -2.55. The third-order valence-electron chi connectivity index (χ3n) is 4.24. The lowest BCUT2D eigenvalue weighted by atomic mass is 10.0. The molecule has 5 heteroatoms. The van der Waals surface area contributed by atoms with Gasteiger partial charge in [-0.05, 0) is 25.7 Å². The molecule has 1 aliphatic heterocycles. The fourth-order valence-electron chi connectivity index (χ4n) is 2.80. The van der Waals surface area contributed by atoms with Crippen LogP contribution in [0.4, 0.5) is 0 Å². The molecule has 0 amide bonds. The molecular weight excluding hydrogens is 296 g/mol. The molecule has 0 bridgehead atoms. The van der Waals surface area contributed by atoms with E-state index in [9.17, 15) is 10.2 Å². The number of aliphatic hydroxyl groups excluding tert-OH is 3. The molecule has 5 nitrogen and oxygen atoms in total. The van der Waals surface area contributed by atoms with Gasteiger partial charge in [0, 0.05) is 6.61 Å². The van der Waals surface area contributed by atoms with Crippen LogP contribution in [0.1, 0.15) is 58.3 Å². The van der Waals surface area contributed by atoms with Crippen molar-refractivity contribution in [1.29, 1.82) is 0 Å². The van der Waals surface area contributed by atoms with Gasteiger partial charge in [-0.15, -0.1) is 0 Å². The molecular formula is C18H34O5. The van der Waals surface area contributed by atoms with Gasteiger partial charge in [0.25, 0.3) is 0 Å². The fraction of sp³-hybridized carbons (Fsp3) is 0.889. The molecule has 1 fully saturated rings. The summed E-state index contributed by atoms with van der Waals surface area (Å²) < 4.78 is 10.8. The summed E-state index contributed by atoms with van der Waals surface area (Å²) in [4.78, 5) is 0. The fourth-order valence-corrected chi connectivity index (χ4v) is 2.80. The van der Waals surface area contributed by atoms with Crippen LogP contribution in [0, 0.1) is 0 Å². The normalized spacial score (nSPS) is 28.5. The molecule has 0 aromatic carbocycles. The highest BCUT2D eigenvalue weighted by molar-refractivity contribution is 4.87. The maximum Gasteiger partial charge on any atom is 0.114 e. The number of allylic oxidation sites excluding steroid dienone is 2. The van der Waals surface area contributed by atoms with Gasteiger partial charge in [0.15, 0.2) is 0 Å². The van der Waals surface area contributed by atoms with Crippen molar-refractivity contribution in [3.63, 3.8) is 0 Å². The number of unbranched alkanes of at least 4 members (excludes halogenated alkanes) is 6. The van der Waals surface area contributed by atoms with Crippen LogP contribution in [0.2, 0.25) is 0 Å². The largest absolute Gasteiger partial charge is 0.394 e. The number of hydrogen-bond acceptors (Lipinski definition) is 5. The molecule has 4 atom stereocenters. The molecule has 0 radical (unpaired) electrons. The Morgan fingerprint density at radius 2 is 1.74 bits per heavy atom. The van der Waals surface area contributed by atoms with Crippen molar-refractivity contribution in [2.75, 3.05) is 19.8 Å². The van der Waals surface area contributed by atoms with Crippen LogP contribution in [0.25, 0.3) is 0 Å². The Morgan fingerprint density at radius 1 is 1.04 bits per heavy atom. The zero-order valence-electron chi connectivity index (χ0n) is 14.4. The van der Waals surface area contributed by atoms with Crippen molar-refractivity contribution in [2.24, 2.45) is 0 Å². The average Bonchev–Trinajstić information content (AvgIpc) is 2.55. The third kappa shape index (κ3) is 8.27. The second-order valence-electron chi connectivity index (χ2n) is 6.24. The molecule has 0 spiro atoms. The number of aliphatic hydroxyl groups is 3. The van der Waals surface area contributed by atoms with Crippen LogP contribution in [0.15, 0.2) is 12.2 Å². The summed E-state index contributed by atoms with van der Waals surface area (Å²) in [5, 5.41) is 28.9. The van der Waals surface area contributed by atoms with Gasteiger partial charge in [-0.2, -0.15) is 0 Å². The molecule has 136 valence electrons. The van der Waals surface area contributed by atoms with E-state index in [4.69, 9.17) is 14.6 Å². The predicted octanol–water partition coefficient (Wildman–Crippen LogP) is 2.18. The minimum atomic E-state index is -0.972. The van der Waals surface area contributed by atoms with E-state index in [1.807, 2.05) is 0 Å². The lowest BCUT2D eigenvalue weighted by molar-refractivity contribution is -0.210. The molecule has 1 saturated heterocycles. The van der Waals surface area contributed by atoms with Crippen molar-refractivity contribution in [1.82, 2.24) is 0 Å². The van der Waals surface area contributed by atoms with Gasteiger partial charge in [0.1, 0.15) is 24.4 Å². The van der Waals surface area contributed by atoms with Gasteiger partial charge < -0.3 is 24.8 Å². The van der Waals surface area contributed by atoms with E-state index < -0.39 is 24.4 Å². The first-order valence-electron chi connectivity index (χ1n) is 9.05. The Kier molecular flexibility index (Phi) is 11.5. The Labute approximate surface area is 140 Å². The maximum atomic E-state index is 9.98. The molecule has 0 aromatic rings. The molecule has 0 aliphatic carbocycles. The minimum Gasteiger partial charge on any atom is -0.394 e. The monoisotopic (exact) mass is 330 g/mol. The highest BCUT2D eigenvalue weighted by Gasteiger charge is 2.38. The van der Waals surface area contributed by atoms with Crippen LogP contribution < -0.4 is 0 Å². The summed E-state index contributed by atoms with van der Waals surface area (Å²) in [6.45, 7) is 2.51. The molecule has 23 heavy (non-hydrogen) atoms. The number of hydrogen-bond donors (Lipinski definition) is 3. The van der Waals surface area contributed by atoms with Crippen molar-refractivity contribution in [3.8, 4) is 0 Å². The molecule has 0 saturated carbocycles. The smallest absolute Gasteiger partial charge is 0.114 e. The van der Waals surface area contributed by atoms with Crippen LogP contribution >= 0.6 is 0 Å². The quantitative estimate of drug-likeness (QED) is 0.377. The summed E-state index contributed by atoms with van der Waals surface area (Å²) in [6.07, 6.45) is 10.7. The minimum absolute atomic E-state index is 0.0967. The predicted molar refractivity (Wildman–Crippen MR) is 90.3 cm³/mol. The summed E-state index contributed by atoms with van der Waals surface area (Å²) in [6, 6.07) is 0. The standard InChI is InChI=1S/C18H34O5/c1-2-3-4-5-6-7-8-9-10-11-12-22-18-15(20)14-23-16(13-19)17(18)21/h3-4,15-21H,2,5-14H2,1H3/b4-3+/t15-,16+,17+,18+/m0/s1. The zero-order valence-corrected chi connectivity index (χ0v) is 14.4. The van der Waals surface area contributed by atoms with Crippen LogP contribution in [0.5, 0.6) is 0 Å². The Bertz CT molecular complexity index is 308. The number of rotatable bonds is 12. The highest BCUT2D eigenvalue weighted by Crippen LogP contribution is 2.19. The molecule has 0 unspecified atom stereocenters. The van der Waals surface area contributed by atoms with Crippen molar-refractivity contribution in [3.05, 3.63) is 12.2 Å². The molecule has 0 aromatic heterocycles. The molecule has 1 aliphatic rings. The van der Waals surface area contributed by atoms with Crippen molar-refractivity contribution < 1.29 is 24.8 Å². The Hall–Kier alpha value is -0.460. The van der Waals surface area contributed by atoms with E-state index in [1.165, 1.54) is 32.1 Å². The first kappa shape index (κ1) is 20.6. The van der Waals surface area contributed by atoms with E-state index in [1.54, 1.807) is 0 Å². The highest BCUT2D eigenvalue weighted by atomic mass is 16.6. The maximum absolute atomic E-state index is 9.98. The lowest BCUT2D eigenvalue weighted by Gasteiger charge is -2.37. The Morgan fingerprint density at radius 3 is 2.43 bits per heavy atom. The first-order valence-corrected chi connectivity index (χ1v) is 9.05. The summed E-state index contributed by atoms with van der Waals surface area (Å²) in [5.41, 5.74) is 0. The first-order chi connectivity index (χ1) is 11.2. The third-order valence-corrected chi connectivity index (χ3v) is 4.24. The molecule has 1 heterocycles. The van der Waals surface area contributed by atoms with Crippen LogP contribution in [-0.4, -0.2) is 59.6 Å². The van der Waals surface area contributed by atoms with Gasteiger partial charge in [0.05, 0.1) is 13.2 Å². The van der Waals surface area contributed by atoms with Crippen LogP contribution in [0.3, 0.4) is 0 Å². The van der Waals surface area contributed by atoms with Gasteiger partial charge in [-0.1, -0.05) is 44.8 Å². The average molecular weight is 330 g/mol. The van der Waals surface area contributed by atoms with Gasteiger partial charge in [-0.3, -0.25) is 0 Å². The summed E-state index contributed by atoms with van der Waals surface area (Å²) in [7, 11) is 0. The second kappa shape index (κ2) is 12.9. The number of ether oxygens (including phenoxy) is 2. The second-order valence-corrected chi connectivity index (χ2v) is 6.24. The topological polar surface area (TPSA) is 79.2 Å². The van der Waals surface area contributed by atoms with Gasteiger partial charge in [-0.25, -0.2) is 0 Å².